The van der Waals surface area contributed by atoms with Crippen molar-refractivity contribution < 1.29 is 4.74 Å². The van der Waals surface area contributed by atoms with Crippen LogP contribution in [0.1, 0.15) is 6.92 Å². The number of aromatic amines is 2. The number of H-pyrrole nitrogens is 2. The highest BCUT2D eigenvalue weighted by Crippen LogP contribution is 2.18. The Balaban J connectivity index is 2.05. The van der Waals surface area contributed by atoms with E-state index in [4.69, 9.17) is 4.74 Å². The predicted octanol–water partition coefficient (Wildman–Crippen LogP) is 1.11. The molecule has 0 atom stereocenters. The van der Waals surface area contributed by atoms with Crippen molar-refractivity contribution in [3.05, 3.63) is 34.6 Å². The van der Waals surface area contributed by atoms with E-state index in [1.54, 1.807) is 12.1 Å². The van der Waals surface area contributed by atoms with Gasteiger partial charge in [0.1, 0.15) is 5.69 Å². The summed E-state index contributed by atoms with van der Waals surface area (Å²) in [5.41, 5.74) is 1.63. The van der Waals surface area contributed by atoms with Gasteiger partial charge in [-0.2, -0.15) is 10.1 Å². The molecule has 0 aliphatic carbocycles. The second kappa shape index (κ2) is 4.52. The molecular formula is C12H11N5O2. The molecule has 0 unspecified atom stereocenters. The van der Waals surface area contributed by atoms with Crippen LogP contribution >= 0.6 is 0 Å². The van der Waals surface area contributed by atoms with Crippen LogP contribution in [0, 0.1) is 0 Å². The summed E-state index contributed by atoms with van der Waals surface area (Å²) in [4.78, 5) is 22.6. The summed E-state index contributed by atoms with van der Waals surface area (Å²) in [6, 6.07) is 6.61. The van der Waals surface area contributed by atoms with Crippen molar-refractivity contribution in [2.24, 2.45) is 0 Å². The third kappa shape index (κ3) is 2.17. The van der Waals surface area contributed by atoms with E-state index >= 15 is 0 Å². The molecule has 7 nitrogen and oxygen atoms in total. The van der Waals surface area contributed by atoms with E-state index in [-0.39, 0.29) is 5.56 Å². The van der Waals surface area contributed by atoms with Crippen LogP contribution in [-0.4, -0.2) is 31.8 Å². The van der Waals surface area contributed by atoms with Crippen LogP contribution in [0.2, 0.25) is 0 Å². The van der Waals surface area contributed by atoms with Crippen molar-refractivity contribution in [2.75, 3.05) is 6.61 Å². The molecule has 0 saturated carbocycles. The van der Waals surface area contributed by atoms with E-state index < -0.39 is 0 Å². The van der Waals surface area contributed by atoms with Gasteiger partial charge in [0.05, 0.1) is 12.1 Å². The maximum atomic E-state index is 11.0. The fraction of sp³-hybridized carbons (Fsp3) is 0.167. The maximum absolute atomic E-state index is 11.0. The Morgan fingerprint density at radius 3 is 2.84 bits per heavy atom. The molecule has 0 radical (unpaired) electrons. The van der Waals surface area contributed by atoms with Crippen LogP contribution < -0.4 is 10.3 Å². The number of nitrogens with zero attached hydrogens (tertiary/aromatic N) is 3. The lowest BCUT2D eigenvalue weighted by Crippen LogP contribution is -2.05. The number of aromatic nitrogens is 5. The molecule has 3 aromatic rings. The van der Waals surface area contributed by atoms with E-state index in [2.05, 4.69) is 25.1 Å². The van der Waals surface area contributed by atoms with Gasteiger partial charge in [0, 0.05) is 12.1 Å². The molecule has 96 valence electrons. The lowest BCUT2D eigenvalue weighted by Gasteiger charge is -1.99. The second-order valence-electron chi connectivity index (χ2n) is 3.85. The van der Waals surface area contributed by atoms with Gasteiger partial charge in [-0.05, 0) is 19.1 Å². The molecule has 0 bridgehead atoms. The van der Waals surface area contributed by atoms with E-state index in [1.807, 2.05) is 13.0 Å². The van der Waals surface area contributed by atoms with Crippen LogP contribution in [0.15, 0.2) is 29.1 Å². The van der Waals surface area contributed by atoms with Crippen LogP contribution in [0.3, 0.4) is 0 Å². The smallest absolute Gasteiger partial charge is 0.264 e. The second-order valence-corrected chi connectivity index (χ2v) is 3.85. The Morgan fingerprint density at radius 1 is 1.21 bits per heavy atom. The van der Waals surface area contributed by atoms with Gasteiger partial charge < -0.3 is 9.72 Å². The number of imidazole rings is 1. The molecule has 0 aromatic carbocycles. The first-order valence-electron chi connectivity index (χ1n) is 5.82. The van der Waals surface area contributed by atoms with Gasteiger partial charge in [0.2, 0.25) is 5.88 Å². The average molecular weight is 257 g/mol. The van der Waals surface area contributed by atoms with Gasteiger partial charge in [-0.25, -0.2) is 10.1 Å². The number of hydrogen-bond acceptors (Lipinski definition) is 5. The fourth-order valence-corrected chi connectivity index (χ4v) is 1.70. The topological polar surface area (TPSA) is 96.6 Å². The largest absolute Gasteiger partial charge is 0.478 e. The van der Waals surface area contributed by atoms with Gasteiger partial charge in [-0.3, -0.25) is 4.79 Å². The standard InChI is InChI=1S/C12H11N5O2/c1-2-19-10-6-4-7-11(14-10)15-12(13-7)8-3-5-9(18)17-16-8/h3-6H,2H2,1H3,(H,17,18)(H,13,14,15). The highest BCUT2D eigenvalue weighted by atomic mass is 16.5. The fourth-order valence-electron chi connectivity index (χ4n) is 1.70. The Morgan fingerprint density at radius 2 is 2.11 bits per heavy atom. The van der Waals surface area contributed by atoms with Gasteiger partial charge in [-0.1, -0.05) is 0 Å². The van der Waals surface area contributed by atoms with Crippen LogP contribution in [0.25, 0.3) is 22.7 Å². The highest BCUT2D eigenvalue weighted by molar-refractivity contribution is 5.75. The van der Waals surface area contributed by atoms with E-state index in [0.29, 0.717) is 29.7 Å². The van der Waals surface area contributed by atoms with Gasteiger partial charge in [0.25, 0.3) is 5.56 Å². The normalized spacial score (nSPS) is 10.8. The molecule has 0 aliphatic heterocycles. The SMILES string of the molecule is CCOc1ccc2[nH]c(-c3ccc(=O)[nH]n3)nc2n1. The minimum atomic E-state index is -0.253. The molecule has 2 N–H and O–H groups in total. The Hall–Kier alpha value is -2.70. The van der Waals surface area contributed by atoms with E-state index in [0.717, 1.165) is 5.52 Å². The molecule has 0 aliphatic rings. The molecule has 3 rings (SSSR count). The molecule has 0 fully saturated rings. The van der Waals surface area contributed by atoms with Gasteiger partial charge in [0.15, 0.2) is 11.5 Å². The summed E-state index contributed by atoms with van der Waals surface area (Å²) in [5, 5.41) is 6.28. The molecule has 3 heterocycles. The lowest BCUT2D eigenvalue weighted by molar-refractivity contribution is 0.328. The lowest BCUT2D eigenvalue weighted by atomic mass is 10.4. The summed E-state index contributed by atoms with van der Waals surface area (Å²) in [6.07, 6.45) is 0. The van der Waals surface area contributed by atoms with Crippen molar-refractivity contribution in [3.8, 4) is 17.4 Å². The summed E-state index contributed by atoms with van der Waals surface area (Å²) in [6.45, 7) is 2.45. The van der Waals surface area contributed by atoms with Crippen molar-refractivity contribution >= 4 is 11.2 Å². The molecule has 7 heteroatoms. The van der Waals surface area contributed by atoms with E-state index in [1.165, 1.54) is 6.07 Å². The molecule has 19 heavy (non-hydrogen) atoms. The predicted molar refractivity (Wildman–Crippen MR) is 68.9 cm³/mol. The van der Waals surface area contributed by atoms with Crippen molar-refractivity contribution in [1.29, 1.82) is 0 Å². The average Bonchev–Trinajstić information content (AvgIpc) is 2.83. The van der Waals surface area contributed by atoms with Crippen molar-refractivity contribution in [2.45, 2.75) is 6.92 Å². The van der Waals surface area contributed by atoms with Crippen molar-refractivity contribution in [3.63, 3.8) is 0 Å². The van der Waals surface area contributed by atoms with Crippen LogP contribution in [0.4, 0.5) is 0 Å². The molecule has 0 amide bonds. The number of ether oxygens (including phenoxy) is 1. The molecule has 3 aromatic heterocycles. The highest BCUT2D eigenvalue weighted by Gasteiger charge is 2.08. The zero-order valence-electron chi connectivity index (χ0n) is 10.2. The van der Waals surface area contributed by atoms with Crippen LogP contribution in [-0.2, 0) is 0 Å². The van der Waals surface area contributed by atoms with Gasteiger partial charge in [-0.15, -0.1) is 0 Å². The summed E-state index contributed by atoms with van der Waals surface area (Å²) in [5.74, 6) is 1.08. The summed E-state index contributed by atoms with van der Waals surface area (Å²) in [7, 11) is 0. The number of pyridine rings is 1. The first-order chi connectivity index (χ1) is 9.26. The third-order valence-electron chi connectivity index (χ3n) is 2.53. The summed E-state index contributed by atoms with van der Waals surface area (Å²) >= 11 is 0. The Kier molecular flexibility index (Phi) is 2.71. The van der Waals surface area contributed by atoms with Gasteiger partial charge >= 0.3 is 0 Å². The minimum Gasteiger partial charge on any atom is -0.478 e. The monoisotopic (exact) mass is 257 g/mol. The molecule has 0 spiro atoms. The van der Waals surface area contributed by atoms with Crippen molar-refractivity contribution in [1.82, 2.24) is 25.1 Å². The minimum absolute atomic E-state index is 0.253. The molecular weight excluding hydrogens is 246 g/mol. The van der Waals surface area contributed by atoms with E-state index in [9.17, 15) is 4.79 Å². The zero-order valence-corrected chi connectivity index (χ0v) is 10.2. The molecule has 0 saturated heterocycles. The Bertz CT molecular complexity index is 757. The first kappa shape index (κ1) is 11.4. The Labute approximate surface area is 107 Å². The zero-order chi connectivity index (χ0) is 13.2. The quantitative estimate of drug-likeness (QED) is 0.732. The number of rotatable bonds is 3. The number of nitrogens with one attached hydrogen (secondary N) is 2. The first-order valence-corrected chi connectivity index (χ1v) is 5.82. The number of hydrogen-bond donors (Lipinski definition) is 2. The summed E-state index contributed by atoms with van der Waals surface area (Å²) < 4.78 is 5.32. The van der Waals surface area contributed by atoms with Crippen LogP contribution in [0.5, 0.6) is 5.88 Å². The third-order valence-corrected chi connectivity index (χ3v) is 2.53. The maximum Gasteiger partial charge on any atom is 0.264 e. The number of fused-ring (bicyclic) bond motifs is 1.